The maximum Gasteiger partial charge on any atom is 0.422 e. The monoisotopic (exact) mass is 508 g/mol. The molecule has 4 rings (SSSR count). The number of hydrogen-bond donors (Lipinski definition) is 3. The molecule has 2 fully saturated rings. The van der Waals surface area contributed by atoms with Crippen LogP contribution in [0.2, 0.25) is 0 Å². The highest BCUT2D eigenvalue weighted by Gasteiger charge is 2.29. The van der Waals surface area contributed by atoms with Crippen molar-refractivity contribution in [3.05, 3.63) is 46.8 Å². The molecule has 0 unspecified atom stereocenters. The number of nitrogens with zero attached hydrogens (tertiary/aromatic N) is 3. The number of carbonyl (C=O) groups is 2. The number of imide groups is 1. The number of carbonyl (C=O) groups excluding carboxylic acids is 2. The first-order valence-corrected chi connectivity index (χ1v) is 11.8. The Morgan fingerprint density at radius 3 is 2.60 bits per heavy atom. The third-order valence-corrected chi connectivity index (χ3v) is 6.27. The first-order valence-electron chi connectivity index (χ1n) is 11.0. The zero-order valence-corrected chi connectivity index (χ0v) is 19.3. The largest absolute Gasteiger partial charge is 0.468 e. The summed E-state index contributed by atoms with van der Waals surface area (Å²) in [5, 5.41) is 8.49. The van der Waals surface area contributed by atoms with Gasteiger partial charge in [-0.15, -0.1) is 0 Å². The van der Waals surface area contributed by atoms with E-state index in [-0.39, 0.29) is 22.9 Å². The average Bonchev–Trinajstić information content (AvgIpc) is 3.14. The van der Waals surface area contributed by atoms with Crippen molar-refractivity contribution in [2.45, 2.75) is 50.5 Å². The second kappa shape index (κ2) is 11.0. The lowest BCUT2D eigenvalue weighted by molar-refractivity contribution is -0.154. The molecule has 0 radical (unpaired) electrons. The van der Waals surface area contributed by atoms with E-state index in [1.54, 1.807) is 30.5 Å². The van der Waals surface area contributed by atoms with E-state index >= 15 is 0 Å². The van der Waals surface area contributed by atoms with Crippen LogP contribution < -0.4 is 20.7 Å². The zero-order valence-electron chi connectivity index (χ0n) is 18.5. The van der Waals surface area contributed by atoms with E-state index in [1.165, 1.54) is 6.20 Å². The van der Waals surface area contributed by atoms with Gasteiger partial charge >= 0.3 is 6.18 Å². The van der Waals surface area contributed by atoms with Gasteiger partial charge in [0.15, 0.2) is 6.61 Å². The summed E-state index contributed by atoms with van der Waals surface area (Å²) in [5.41, 5.74) is 1.09. The topological polar surface area (TPSA) is 118 Å². The quantitative estimate of drug-likeness (QED) is 0.459. The number of pyridine rings is 1. The fourth-order valence-electron chi connectivity index (χ4n) is 3.80. The Kier molecular flexibility index (Phi) is 7.86. The number of amides is 2. The number of halogens is 3. The van der Waals surface area contributed by atoms with E-state index in [1.807, 2.05) is 0 Å². The number of thioether (sulfide) groups is 1. The van der Waals surface area contributed by atoms with Crippen LogP contribution in [0.1, 0.15) is 36.9 Å². The highest BCUT2D eigenvalue weighted by molar-refractivity contribution is 8.18. The molecule has 2 aromatic rings. The smallest absolute Gasteiger partial charge is 0.422 e. The summed E-state index contributed by atoms with van der Waals surface area (Å²) in [5.74, 6) is -0.0194. The molecule has 1 saturated heterocycles. The van der Waals surface area contributed by atoms with Crippen LogP contribution in [-0.2, 0) is 11.3 Å². The van der Waals surface area contributed by atoms with Gasteiger partial charge in [0.1, 0.15) is 0 Å². The van der Waals surface area contributed by atoms with Gasteiger partial charge in [-0.25, -0.2) is 15.0 Å². The van der Waals surface area contributed by atoms with Crippen LogP contribution in [0.4, 0.5) is 23.9 Å². The Hall–Kier alpha value is -3.19. The van der Waals surface area contributed by atoms with E-state index in [0.717, 1.165) is 37.4 Å². The van der Waals surface area contributed by atoms with Gasteiger partial charge in [0, 0.05) is 36.6 Å². The van der Waals surface area contributed by atoms with Gasteiger partial charge in [-0.05, 0) is 55.7 Å². The minimum absolute atomic E-state index is 0.0162. The minimum atomic E-state index is -4.42. The van der Waals surface area contributed by atoms with Crippen molar-refractivity contribution in [3.63, 3.8) is 0 Å². The molecular weight excluding hydrogens is 485 g/mol. The van der Waals surface area contributed by atoms with Crippen LogP contribution in [0.15, 0.2) is 35.5 Å². The molecule has 13 heteroatoms. The number of alkyl halides is 3. The molecular formula is C22H23F3N6O3S. The normalized spacial score (nSPS) is 21.7. The Balaban J connectivity index is 1.26. The molecule has 9 nitrogen and oxygen atoms in total. The second-order valence-corrected chi connectivity index (χ2v) is 9.12. The second-order valence-electron chi connectivity index (χ2n) is 8.10. The van der Waals surface area contributed by atoms with Gasteiger partial charge in [-0.3, -0.25) is 14.9 Å². The molecule has 2 amide bonds. The molecule has 1 saturated carbocycles. The SMILES string of the molecule is O=C1NC(=O)/C(=C\c2ccnc(NC3CCC(NCc4cccnc4OCC(F)(F)F)CC3)n2)S1. The average molecular weight is 509 g/mol. The van der Waals surface area contributed by atoms with Gasteiger partial charge < -0.3 is 15.4 Å². The van der Waals surface area contributed by atoms with Crippen LogP contribution in [0, 0.1) is 0 Å². The summed E-state index contributed by atoms with van der Waals surface area (Å²) >= 11 is 0.830. The third kappa shape index (κ3) is 7.39. The molecule has 0 spiro atoms. The number of hydrogen-bond acceptors (Lipinski definition) is 9. The van der Waals surface area contributed by atoms with Crippen molar-refractivity contribution in [2.75, 3.05) is 11.9 Å². The third-order valence-electron chi connectivity index (χ3n) is 5.46. The number of ether oxygens (including phenoxy) is 1. The molecule has 0 bridgehead atoms. The van der Waals surface area contributed by atoms with Crippen LogP contribution in [0.3, 0.4) is 0 Å². The summed E-state index contributed by atoms with van der Waals surface area (Å²) in [6.45, 7) is -1.02. The molecule has 0 aromatic carbocycles. The van der Waals surface area contributed by atoms with E-state index in [4.69, 9.17) is 4.74 Å². The number of rotatable bonds is 8. The standard InChI is InChI=1S/C22H23F3N6O3S/c23-22(24,25)12-34-19-13(2-1-8-26-19)11-28-14-3-5-15(6-4-14)29-20-27-9-7-16(30-20)10-17-18(32)31-21(33)35-17/h1-2,7-10,14-15,28H,3-6,11-12H2,(H,27,29,30)(H,31,32,33)/b17-10+. The van der Waals surface area contributed by atoms with Gasteiger partial charge in [0.25, 0.3) is 11.1 Å². The zero-order chi connectivity index (χ0) is 24.8. The minimum Gasteiger partial charge on any atom is -0.468 e. The van der Waals surface area contributed by atoms with Gasteiger partial charge in [-0.1, -0.05) is 6.07 Å². The number of anilines is 1. The molecule has 35 heavy (non-hydrogen) atoms. The Morgan fingerprint density at radius 2 is 1.89 bits per heavy atom. The molecule has 186 valence electrons. The summed E-state index contributed by atoms with van der Waals surface area (Å²) in [6, 6.07) is 5.38. The van der Waals surface area contributed by atoms with Gasteiger partial charge in [0.05, 0.1) is 10.6 Å². The fourth-order valence-corrected chi connectivity index (χ4v) is 4.46. The molecule has 2 aromatic heterocycles. The number of aromatic nitrogens is 3. The lowest BCUT2D eigenvalue weighted by atomic mass is 9.91. The highest BCUT2D eigenvalue weighted by atomic mass is 32.2. The molecule has 0 atom stereocenters. The summed E-state index contributed by atoms with van der Waals surface area (Å²) in [4.78, 5) is 35.9. The Labute approximate surface area is 203 Å². The van der Waals surface area contributed by atoms with E-state index in [9.17, 15) is 22.8 Å². The number of nitrogens with one attached hydrogen (secondary N) is 3. The van der Waals surface area contributed by atoms with Gasteiger partial charge in [0.2, 0.25) is 11.8 Å². The van der Waals surface area contributed by atoms with Crippen molar-refractivity contribution in [2.24, 2.45) is 0 Å². The summed E-state index contributed by atoms with van der Waals surface area (Å²) < 4.78 is 42.3. The molecule has 3 N–H and O–H groups in total. The first kappa shape index (κ1) is 24.9. The van der Waals surface area contributed by atoms with Crippen LogP contribution in [0.25, 0.3) is 6.08 Å². The van der Waals surface area contributed by atoms with Crippen molar-refractivity contribution in [1.29, 1.82) is 0 Å². The predicted octanol–water partition coefficient (Wildman–Crippen LogP) is 3.65. The highest BCUT2D eigenvalue weighted by Crippen LogP contribution is 2.26. The first-order chi connectivity index (χ1) is 16.7. The van der Waals surface area contributed by atoms with Crippen molar-refractivity contribution in [3.8, 4) is 5.88 Å². The lowest BCUT2D eigenvalue weighted by Crippen LogP contribution is -2.37. The van der Waals surface area contributed by atoms with Crippen molar-refractivity contribution >= 4 is 34.9 Å². The van der Waals surface area contributed by atoms with Crippen LogP contribution >= 0.6 is 11.8 Å². The van der Waals surface area contributed by atoms with Crippen molar-refractivity contribution < 1.29 is 27.5 Å². The lowest BCUT2D eigenvalue weighted by Gasteiger charge is -2.30. The molecule has 1 aliphatic carbocycles. The maximum atomic E-state index is 12.5. The van der Waals surface area contributed by atoms with E-state index in [0.29, 0.717) is 23.8 Å². The Bertz CT molecular complexity index is 1110. The molecule has 3 heterocycles. The fraction of sp³-hybridized carbons (Fsp3) is 0.409. The van der Waals surface area contributed by atoms with Crippen LogP contribution in [-0.4, -0.2) is 51.0 Å². The molecule has 2 aliphatic rings. The van der Waals surface area contributed by atoms with Crippen molar-refractivity contribution in [1.82, 2.24) is 25.6 Å². The van der Waals surface area contributed by atoms with E-state index in [2.05, 4.69) is 30.9 Å². The predicted molar refractivity (Wildman–Crippen MR) is 123 cm³/mol. The maximum absolute atomic E-state index is 12.5. The summed E-state index contributed by atoms with van der Waals surface area (Å²) in [6.07, 6.45) is 3.54. The van der Waals surface area contributed by atoms with Crippen LogP contribution in [0.5, 0.6) is 5.88 Å². The van der Waals surface area contributed by atoms with E-state index < -0.39 is 23.9 Å². The summed E-state index contributed by atoms with van der Waals surface area (Å²) in [7, 11) is 0. The Morgan fingerprint density at radius 1 is 1.11 bits per heavy atom. The van der Waals surface area contributed by atoms with Gasteiger partial charge in [-0.2, -0.15) is 13.2 Å². The molecule has 1 aliphatic heterocycles.